The van der Waals surface area contributed by atoms with Gasteiger partial charge in [-0.05, 0) is 51.4 Å². The van der Waals surface area contributed by atoms with Gasteiger partial charge in [-0.2, -0.15) is 0 Å². The topological polar surface area (TPSA) is 67.4 Å². The van der Waals surface area contributed by atoms with E-state index in [-0.39, 0.29) is 5.54 Å². The third-order valence-corrected chi connectivity index (χ3v) is 5.19. The van der Waals surface area contributed by atoms with Gasteiger partial charge in [0, 0.05) is 17.6 Å². The molecule has 1 saturated carbocycles. The maximum Gasteiger partial charge on any atom is 0.241 e. The Balaban J connectivity index is 2.25. The van der Waals surface area contributed by atoms with E-state index in [1.807, 2.05) is 20.9 Å². The molecule has 0 heterocycles. The van der Waals surface area contributed by atoms with Crippen molar-refractivity contribution in [1.29, 1.82) is 0 Å². The molecule has 1 aliphatic rings. The Morgan fingerprint density at radius 2 is 2.05 bits per heavy atom. The highest BCUT2D eigenvalue weighted by molar-refractivity contribution is 7.89. The predicted molar refractivity (Wildman–Crippen MR) is 83.0 cm³/mol. The van der Waals surface area contributed by atoms with E-state index in [9.17, 15) is 8.42 Å². The average molecular weight is 312 g/mol. The van der Waals surface area contributed by atoms with E-state index in [1.165, 1.54) is 0 Å². The monoisotopic (exact) mass is 312 g/mol. The van der Waals surface area contributed by atoms with E-state index >= 15 is 0 Å². The van der Waals surface area contributed by atoms with Gasteiger partial charge in [0.05, 0.1) is 11.5 Å². The zero-order valence-corrected chi connectivity index (χ0v) is 13.7. The molecule has 21 heavy (non-hydrogen) atoms. The quantitative estimate of drug-likeness (QED) is 0.771. The normalized spacial score (nSPS) is 16.7. The molecule has 1 aromatic carbocycles. The lowest BCUT2D eigenvalue weighted by Gasteiger charge is -2.15. The largest absolute Gasteiger partial charge is 0.493 e. The molecule has 5 nitrogen and oxygen atoms in total. The van der Waals surface area contributed by atoms with Crippen molar-refractivity contribution in [3.63, 3.8) is 0 Å². The maximum atomic E-state index is 12.4. The maximum absolute atomic E-state index is 12.4. The smallest absolute Gasteiger partial charge is 0.241 e. The minimum atomic E-state index is -3.47. The third-order valence-electron chi connectivity index (χ3n) is 3.55. The van der Waals surface area contributed by atoms with Crippen LogP contribution in [0, 0.1) is 0 Å². The Labute approximate surface area is 127 Å². The minimum absolute atomic E-state index is 0.264. The highest BCUT2D eigenvalue weighted by Crippen LogP contribution is 2.36. The molecule has 1 fully saturated rings. The van der Waals surface area contributed by atoms with Crippen LogP contribution in [0.3, 0.4) is 0 Å². The van der Waals surface area contributed by atoms with Gasteiger partial charge in [0.1, 0.15) is 5.75 Å². The first-order valence-electron chi connectivity index (χ1n) is 7.34. The summed E-state index contributed by atoms with van der Waals surface area (Å²) >= 11 is 0. The van der Waals surface area contributed by atoms with Gasteiger partial charge in [-0.25, -0.2) is 13.1 Å². The molecule has 118 valence electrons. The fourth-order valence-electron chi connectivity index (χ4n) is 2.08. The van der Waals surface area contributed by atoms with Crippen LogP contribution < -0.4 is 14.8 Å². The molecule has 0 spiro atoms. The van der Waals surface area contributed by atoms with E-state index in [0.717, 1.165) is 30.6 Å². The summed E-state index contributed by atoms with van der Waals surface area (Å²) < 4.78 is 33.2. The first kappa shape index (κ1) is 16.3. The molecule has 6 heteroatoms. The van der Waals surface area contributed by atoms with Crippen molar-refractivity contribution < 1.29 is 13.2 Å². The number of hydrogen-bond acceptors (Lipinski definition) is 4. The molecule has 0 aromatic heterocycles. The summed E-state index contributed by atoms with van der Waals surface area (Å²) in [6, 6.07) is 5.04. The second-order valence-corrected chi connectivity index (χ2v) is 7.50. The Kier molecular flexibility index (Phi) is 4.91. The Hall–Kier alpha value is -1.11. The number of sulfonamides is 1. The molecular formula is C15H24N2O3S. The molecule has 0 bridgehead atoms. The highest BCUT2D eigenvalue weighted by Gasteiger charge is 2.41. The highest BCUT2D eigenvalue weighted by atomic mass is 32.2. The second kappa shape index (κ2) is 6.34. The molecule has 2 rings (SSSR count). The lowest BCUT2D eigenvalue weighted by atomic mass is 10.2. The fraction of sp³-hybridized carbons (Fsp3) is 0.600. The van der Waals surface area contributed by atoms with Gasteiger partial charge in [0.15, 0.2) is 0 Å². The lowest BCUT2D eigenvalue weighted by Crippen LogP contribution is -2.34. The van der Waals surface area contributed by atoms with Gasteiger partial charge in [-0.3, -0.25) is 0 Å². The van der Waals surface area contributed by atoms with Crippen LogP contribution in [0.5, 0.6) is 5.75 Å². The standard InChI is InChI=1S/C15H24N2O3S/c1-4-9-20-14-6-5-13(10-12(14)11-16-3)21(18,19)17-15(2)7-8-15/h5-6,10,16-17H,4,7-9,11H2,1-3H3. The summed E-state index contributed by atoms with van der Waals surface area (Å²) in [5.41, 5.74) is 0.592. The van der Waals surface area contributed by atoms with Crippen molar-refractivity contribution in [3.05, 3.63) is 23.8 Å². The van der Waals surface area contributed by atoms with Crippen LogP contribution in [-0.2, 0) is 16.6 Å². The van der Waals surface area contributed by atoms with Crippen molar-refractivity contribution in [2.24, 2.45) is 0 Å². The first-order chi connectivity index (χ1) is 9.90. The van der Waals surface area contributed by atoms with Crippen LogP contribution in [0.15, 0.2) is 23.1 Å². The summed E-state index contributed by atoms with van der Waals surface area (Å²) in [5, 5.41) is 3.04. The van der Waals surface area contributed by atoms with Gasteiger partial charge in [-0.15, -0.1) is 0 Å². The van der Waals surface area contributed by atoms with Gasteiger partial charge in [0.2, 0.25) is 10.0 Å². The number of benzene rings is 1. The van der Waals surface area contributed by atoms with Gasteiger partial charge >= 0.3 is 0 Å². The minimum Gasteiger partial charge on any atom is -0.493 e. The molecule has 0 aliphatic heterocycles. The van der Waals surface area contributed by atoms with Crippen LogP contribution in [0.25, 0.3) is 0 Å². The first-order valence-corrected chi connectivity index (χ1v) is 8.83. The number of rotatable bonds is 8. The van der Waals surface area contributed by atoms with E-state index in [4.69, 9.17) is 4.74 Å². The van der Waals surface area contributed by atoms with Crippen molar-refractivity contribution >= 4 is 10.0 Å². The van der Waals surface area contributed by atoms with Gasteiger partial charge in [-0.1, -0.05) is 6.92 Å². The molecule has 0 amide bonds. The molecule has 2 N–H and O–H groups in total. The van der Waals surface area contributed by atoms with Crippen molar-refractivity contribution in [1.82, 2.24) is 10.0 Å². The van der Waals surface area contributed by atoms with Crippen molar-refractivity contribution in [3.8, 4) is 5.75 Å². The van der Waals surface area contributed by atoms with Crippen molar-refractivity contribution in [2.45, 2.75) is 50.1 Å². The average Bonchev–Trinajstić information content (AvgIpc) is 3.14. The van der Waals surface area contributed by atoms with E-state index in [0.29, 0.717) is 18.0 Å². The van der Waals surface area contributed by atoms with Crippen molar-refractivity contribution in [2.75, 3.05) is 13.7 Å². The summed E-state index contributed by atoms with van der Waals surface area (Å²) in [6.45, 7) is 5.16. The Morgan fingerprint density at radius 1 is 1.33 bits per heavy atom. The Bertz CT molecular complexity index is 595. The molecule has 1 aromatic rings. The van der Waals surface area contributed by atoms with Crippen LogP contribution in [0.2, 0.25) is 0 Å². The lowest BCUT2D eigenvalue weighted by molar-refractivity contribution is 0.313. The molecule has 0 atom stereocenters. The van der Waals surface area contributed by atoms with E-state index < -0.39 is 10.0 Å². The van der Waals surface area contributed by atoms with E-state index in [2.05, 4.69) is 10.0 Å². The molecule has 0 unspecified atom stereocenters. The summed E-state index contributed by atoms with van der Waals surface area (Å²) in [7, 11) is -1.64. The Morgan fingerprint density at radius 3 is 2.62 bits per heavy atom. The summed E-state index contributed by atoms with van der Waals surface area (Å²) in [6.07, 6.45) is 2.71. The number of hydrogen-bond donors (Lipinski definition) is 2. The second-order valence-electron chi connectivity index (χ2n) is 5.81. The summed E-state index contributed by atoms with van der Waals surface area (Å²) in [4.78, 5) is 0.296. The van der Waals surface area contributed by atoms with Gasteiger partial charge in [0.25, 0.3) is 0 Å². The van der Waals surface area contributed by atoms with Crippen LogP contribution in [0.4, 0.5) is 0 Å². The zero-order chi connectivity index (χ0) is 15.5. The summed E-state index contributed by atoms with van der Waals surface area (Å²) in [5.74, 6) is 0.739. The molecular weight excluding hydrogens is 288 g/mol. The number of nitrogens with one attached hydrogen (secondary N) is 2. The zero-order valence-electron chi connectivity index (χ0n) is 12.9. The van der Waals surface area contributed by atoms with Crippen LogP contribution >= 0.6 is 0 Å². The molecule has 1 aliphatic carbocycles. The van der Waals surface area contributed by atoms with Crippen LogP contribution in [0.1, 0.15) is 38.7 Å². The van der Waals surface area contributed by atoms with Gasteiger partial charge < -0.3 is 10.1 Å². The molecule has 0 radical (unpaired) electrons. The van der Waals surface area contributed by atoms with Crippen LogP contribution in [-0.4, -0.2) is 27.6 Å². The predicted octanol–water partition coefficient (Wildman–Crippen LogP) is 2.03. The fourth-order valence-corrected chi connectivity index (χ4v) is 3.59. The van der Waals surface area contributed by atoms with E-state index in [1.54, 1.807) is 18.2 Å². The third kappa shape index (κ3) is 4.18. The molecule has 0 saturated heterocycles. The SMILES string of the molecule is CCCOc1ccc(S(=O)(=O)NC2(C)CC2)cc1CNC. The number of ether oxygens (including phenoxy) is 1.